The van der Waals surface area contributed by atoms with E-state index in [-0.39, 0.29) is 0 Å². The molecule has 3 aromatic rings. The first-order valence-corrected chi connectivity index (χ1v) is 8.83. The van der Waals surface area contributed by atoms with E-state index in [1.807, 2.05) is 42.3 Å². The van der Waals surface area contributed by atoms with Gasteiger partial charge in [-0.25, -0.2) is 0 Å². The molecule has 0 saturated carbocycles. The average molecular weight is 354 g/mol. The van der Waals surface area contributed by atoms with Gasteiger partial charge in [-0.3, -0.25) is 0 Å². The van der Waals surface area contributed by atoms with Crippen molar-refractivity contribution in [1.29, 1.82) is 0 Å². The molecule has 1 aliphatic heterocycles. The number of aryl methyl sites for hydroxylation is 2. The van der Waals surface area contributed by atoms with E-state index in [1.165, 1.54) is 20.1 Å². The van der Waals surface area contributed by atoms with Gasteiger partial charge < -0.3 is 0 Å². The molecule has 3 nitrogen and oxygen atoms in total. The van der Waals surface area contributed by atoms with Gasteiger partial charge in [0.05, 0.1) is 0 Å². The van der Waals surface area contributed by atoms with Gasteiger partial charge in [0, 0.05) is 0 Å². The first-order valence-electron chi connectivity index (χ1n) is 7.12. The normalized spacial score (nSPS) is 12.3. The van der Waals surface area contributed by atoms with Crippen LogP contribution in [0.25, 0.3) is 11.3 Å². The van der Waals surface area contributed by atoms with E-state index >= 15 is 0 Å². The van der Waals surface area contributed by atoms with Gasteiger partial charge >= 0.3 is 135 Å². The van der Waals surface area contributed by atoms with Crippen LogP contribution in [0.15, 0.2) is 55.0 Å². The Morgan fingerprint density at radius 2 is 1.91 bits per heavy atom. The number of ether oxygens (including phenoxy) is 1. The van der Waals surface area contributed by atoms with Crippen LogP contribution in [0.4, 0.5) is 0 Å². The van der Waals surface area contributed by atoms with E-state index in [0.29, 0.717) is 15.0 Å². The van der Waals surface area contributed by atoms with Gasteiger partial charge in [0.15, 0.2) is 0 Å². The summed E-state index contributed by atoms with van der Waals surface area (Å²) in [5, 5.41) is 0. The molecule has 22 heavy (non-hydrogen) atoms. The van der Waals surface area contributed by atoms with Gasteiger partial charge in [-0.15, -0.1) is 0 Å². The van der Waals surface area contributed by atoms with Gasteiger partial charge in [0.1, 0.15) is 0 Å². The average Bonchev–Trinajstić information content (AvgIpc) is 2.53. The van der Waals surface area contributed by atoms with Gasteiger partial charge in [-0.2, -0.15) is 0 Å². The maximum absolute atomic E-state index is 6.13. The molecule has 0 spiro atoms. The first-order chi connectivity index (χ1) is 10.7. The van der Waals surface area contributed by atoms with Gasteiger partial charge in [-0.1, -0.05) is 0 Å². The molecule has 108 valence electrons. The van der Waals surface area contributed by atoms with Gasteiger partial charge in [0.25, 0.3) is 0 Å². The minimum absolute atomic E-state index is 0.300. The minimum atomic E-state index is 0.300. The summed E-state index contributed by atoms with van der Waals surface area (Å²) >= 11 is 0.300. The molecular formula is C18H15N2OSe+. The Kier molecular flexibility index (Phi) is 3.21. The van der Waals surface area contributed by atoms with E-state index in [0.717, 1.165) is 17.2 Å². The summed E-state index contributed by atoms with van der Waals surface area (Å²) < 4.78 is 10.8. The van der Waals surface area contributed by atoms with E-state index in [1.54, 1.807) is 0 Å². The van der Waals surface area contributed by atoms with Gasteiger partial charge in [-0.05, 0) is 0 Å². The number of rotatable bonds is 1. The third-order valence-corrected chi connectivity index (χ3v) is 6.09. The van der Waals surface area contributed by atoms with E-state index < -0.39 is 0 Å². The van der Waals surface area contributed by atoms with Crippen LogP contribution in [-0.2, 0) is 7.05 Å². The molecular weight excluding hydrogens is 339 g/mol. The molecule has 0 fully saturated rings. The molecule has 0 radical (unpaired) electrons. The van der Waals surface area contributed by atoms with Crippen LogP contribution in [0.2, 0.25) is 0 Å². The molecule has 1 aromatic heterocycles. The number of para-hydroxylation sites is 1. The Bertz CT molecular complexity index is 877. The summed E-state index contributed by atoms with van der Waals surface area (Å²) in [6, 6.07) is 14.8. The van der Waals surface area contributed by atoms with Crippen LogP contribution >= 0.6 is 0 Å². The summed E-state index contributed by atoms with van der Waals surface area (Å²) in [6.07, 6.45) is 3.66. The van der Waals surface area contributed by atoms with Crippen LogP contribution in [0.1, 0.15) is 5.56 Å². The van der Waals surface area contributed by atoms with Crippen molar-refractivity contribution in [1.82, 2.24) is 4.98 Å². The van der Waals surface area contributed by atoms with E-state index in [4.69, 9.17) is 4.74 Å². The van der Waals surface area contributed by atoms with Crippen LogP contribution < -0.4 is 18.2 Å². The molecule has 0 amide bonds. The molecule has 0 N–H and O–H groups in total. The van der Waals surface area contributed by atoms with Crippen LogP contribution in [0.5, 0.6) is 11.5 Å². The van der Waals surface area contributed by atoms with Crippen LogP contribution in [-0.4, -0.2) is 19.9 Å². The van der Waals surface area contributed by atoms with Crippen molar-refractivity contribution < 1.29 is 9.30 Å². The Balaban J connectivity index is 1.84. The molecule has 1 aliphatic rings. The van der Waals surface area contributed by atoms with E-state index in [9.17, 15) is 0 Å². The molecule has 4 rings (SSSR count). The fraction of sp³-hybridized carbons (Fsp3) is 0.111. The zero-order valence-corrected chi connectivity index (χ0v) is 14.1. The quantitative estimate of drug-likeness (QED) is 0.384. The maximum atomic E-state index is 6.13. The fourth-order valence-electron chi connectivity index (χ4n) is 2.66. The fourth-order valence-corrected chi connectivity index (χ4v) is 4.83. The topological polar surface area (TPSA) is 26.0 Å². The third-order valence-electron chi connectivity index (χ3n) is 3.79. The molecule has 0 bridgehead atoms. The van der Waals surface area contributed by atoms with Crippen molar-refractivity contribution in [2.75, 3.05) is 0 Å². The van der Waals surface area contributed by atoms with Crippen molar-refractivity contribution in [2.45, 2.75) is 6.92 Å². The second kappa shape index (κ2) is 5.24. The summed E-state index contributed by atoms with van der Waals surface area (Å²) in [4.78, 5) is 4.15. The third kappa shape index (κ3) is 2.21. The predicted octanol–water partition coefficient (Wildman–Crippen LogP) is 1.64. The van der Waals surface area contributed by atoms with Crippen molar-refractivity contribution in [2.24, 2.45) is 7.05 Å². The molecule has 0 aliphatic carbocycles. The second-order valence-electron chi connectivity index (χ2n) is 5.34. The summed E-state index contributed by atoms with van der Waals surface area (Å²) in [5.41, 5.74) is 3.61. The SMILES string of the molecule is Cc1cc2c(cc1-c1ccnc[n+]1C)Oc1ccccc1[Se]2. The summed E-state index contributed by atoms with van der Waals surface area (Å²) in [7, 11) is 2.02. The van der Waals surface area contributed by atoms with Crippen molar-refractivity contribution >= 4 is 23.9 Å². The molecule has 2 aromatic carbocycles. The predicted molar refractivity (Wildman–Crippen MR) is 87.1 cm³/mol. The van der Waals surface area contributed by atoms with Crippen molar-refractivity contribution in [3.8, 4) is 22.8 Å². The molecule has 4 heteroatoms. The Morgan fingerprint density at radius 3 is 2.77 bits per heavy atom. The van der Waals surface area contributed by atoms with Crippen molar-refractivity contribution in [3.63, 3.8) is 0 Å². The Hall–Kier alpha value is -2.16. The van der Waals surface area contributed by atoms with Crippen LogP contribution in [0.3, 0.4) is 0 Å². The van der Waals surface area contributed by atoms with E-state index in [2.05, 4.69) is 36.2 Å². The molecule has 0 unspecified atom stereocenters. The monoisotopic (exact) mass is 355 g/mol. The molecule has 2 heterocycles. The number of hydrogen-bond acceptors (Lipinski definition) is 2. The standard InChI is InChI=1S/C18H15N2OSe/c1-12-9-18-16(21-15-5-3-4-6-17(15)22-18)10-13(12)14-7-8-19-11-20(14)2/h3-11H,1-2H3/q+1. The zero-order chi connectivity index (χ0) is 15.1. The summed E-state index contributed by atoms with van der Waals surface area (Å²) in [5.74, 6) is 1.97. The molecule has 0 atom stereocenters. The Morgan fingerprint density at radius 1 is 1.05 bits per heavy atom. The zero-order valence-electron chi connectivity index (χ0n) is 12.4. The number of benzene rings is 2. The number of nitrogens with zero attached hydrogens (tertiary/aromatic N) is 2. The summed E-state index contributed by atoms with van der Waals surface area (Å²) in [6.45, 7) is 2.16. The number of aromatic nitrogens is 2. The molecule has 0 saturated heterocycles. The second-order valence-corrected chi connectivity index (χ2v) is 7.61. The Labute approximate surface area is 135 Å². The number of hydrogen-bond donors (Lipinski definition) is 0. The van der Waals surface area contributed by atoms with Gasteiger partial charge in [0.2, 0.25) is 0 Å². The van der Waals surface area contributed by atoms with Crippen LogP contribution in [0, 0.1) is 6.92 Å². The number of fused-ring (bicyclic) bond motifs is 2. The first kappa shape index (κ1) is 13.5. The van der Waals surface area contributed by atoms with Crippen molar-refractivity contribution in [3.05, 3.63) is 60.6 Å².